The van der Waals surface area contributed by atoms with Gasteiger partial charge in [0.25, 0.3) is 0 Å². The van der Waals surface area contributed by atoms with E-state index in [0.29, 0.717) is 11.5 Å². The van der Waals surface area contributed by atoms with E-state index in [1.165, 1.54) is 11.8 Å². The highest BCUT2D eigenvalue weighted by molar-refractivity contribution is 5.73. The fourth-order valence-electron chi connectivity index (χ4n) is 1.73. The topological polar surface area (TPSA) is 59.0 Å². The van der Waals surface area contributed by atoms with Crippen LogP contribution in [0.1, 0.15) is 18.5 Å². The molecule has 1 aromatic carbocycles. The molecule has 1 amide bonds. The lowest BCUT2D eigenvalue weighted by atomic mass is 10.1. The minimum absolute atomic E-state index is 0.108. The van der Waals surface area contributed by atoms with Gasteiger partial charge in [-0.2, -0.15) is 0 Å². The highest BCUT2D eigenvalue weighted by Gasteiger charge is 2.19. The third-order valence-corrected chi connectivity index (χ3v) is 2.93. The molecule has 0 bridgehead atoms. The largest absolute Gasteiger partial charge is 0.493 e. The first-order chi connectivity index (χ1) is 8.54. The highest BCUT2D eigenvalue weighted by atomic mass is 16.5. The van der Waals surface area contributed by atoms with E-state index in [1.807, 2.05) is 6.07 Å². The standard InChI is InChI=1S/C13H19NO4/c1-9(16)14(2)11(8-15)10-5-6-12(17-3)13(7-10)18-4/h5-7,11,15H,8H2,1-4H3. The predicted molar refractivity (Wildman–Crippen MR) is 67.8 cm³/mol. The van der Waals surface area contributed by atoms with Gasteiger partial charge in [0.15, 0.2) is 11.5 Å². The van der Waals surface area contributed by atoms with Crippen molar-refractivity contribution in [2.24, 2.45) is 0 Å². The Bertz CT molecular complexity index is 419. The fourth-order valence-corrected chi connectivity index (χ4v) is 1.73. The zero-order valence-electron chi connectivity index (χ0n) is 11.1. The summed E-state index contributed by atoms with van der Waals surface area (Å²) in [5, 5.41) is 9.42. The molecule has 0 saturated carbocycles. The van der Waals surface area contributed by atoms with Crippen LogP contribution in [0.25, 0.3) is 0 Å². The van der Waals surface area contributed by atoms with Gasteiger partial charge in [-0.3, -0.25) is 4.79 Å². The van der Waals surface area contributed by atoms with Gasteiger partial charge in [-0.25, -0.2) is 0 Å². The van der Waals surface area contributed by atoms with E-state index in [0.717, 1.165) is 5.56 Å². The van der Waals surface area contributed by atoms with Crippen molar-refractivity contribution in [3.8, 4) is 11.5 Å². The Morgan fingerprint density at radius 1 is 1.33 bits per heavy atom. The monoisotopic (exact) mass is 253 g/mol. The second-order valence-electron chi connectivity index (χ2n) is 3.94. The zero-order chi connectivity index (χ0) is 13.7. The van der Waals surface area contributed by atoms with E-state index in [-0.39, 0.29) is 18.6 Å². The molecule has 0 saturated heterocycles. The second-order valence-corrected chi connectivity index (χ2v) is 3.94. The van der Waals surface area contributed by atoms with Gasteiger partial charge in [0, 0.05) is 14.0 Å². The molecule has 0 aliphatic rings. The van der Waals surface area contributed by atoms with Crippen molar-refractivity contribution >= 4 is 5.91 Å². The number of ether oxygens (including phenoxy) is 2. The van der Waals surface area contributed by atoms with Gasteiger partial charge >= 0.3 is 0 Å². The SMILES string of the molecule is COc1ccc(C(CO)N(C)C(C)=O)cc1OC. The third-order valence-electron chi connectivity index (χ3n) is 2.93. The molecule has 5 nitrogen and oxygen atoms in total. The van der Waals surface area contributed by atoms with Crippen LogP contribution in [0.4, 0.5) is 0 Å². The van der Waals surface area contributed by atoms with Crippen molar-refractivity contribution in [3.63, 3.8) is 0 Å². The molecule has 1 aromatic rings. The molecule has 1 N–H and O–H groups in total. The van der Waals surface area contributed by atoms with Crippen molar-refractivity contribution in [3.05, 3.63) is 23.8 Å². The first kappa shape index (κ1) is 14.3. The van der Waals surface area contributed by atoms with Crippen molar-refractivity contribution < 1.29 is 19.4 Å². The van der Waals surface area contributed by atoms with Crippen LogP contribution in [-0.4, -0.2) is 43.8 Å². The lowest BCUT2D eigenvalue weighted by Gasteiger charge is -2.26. The quantitative estimate of drug-likeness (QED) is 0.857. The van der Waals surface area contributed by atoms with Crippen LogP contribution >= 0.6 is 0 Å². The summed E-state index contributed by atoms with van der Waals surface area (Å²) in [6.45, 7) is 1.31. The maximum atomic E-state index is 11.4. The number of hydrogen-bond acceptors (Lipinski definition) is 4. The number of aliphatic hydroxyl groups excluding tert-OH is 1. The summed E-state index contributed by atoms with van der Waals surface area (Å²) >= 11 is 0. The van der Waals surface area contributed by atoms with Crippen LogP contribution in [0.2, 0.25) is 0 Å². The number of amides is 1. The fraction of sp³-hybridized carbons (Fsp3) is 0.462. The molecule has 1 rings (SSSR count). The van der Waals surface area contributed by atoms with Crippen LogP contribution in [0.3, 0.4) is 0 Å². The van der Waals surface area contributed by atoms with Crippen molar-refractivity contribution in [2.45, 2.75) is 13.0 Å². The molecular formula is C13H19NO4. The Hall–Kier alpha value is -1.75. The van der Waals surface area contributed by atoms with E-state index in [2.05, 4.69) is 0 Å². The number of aliphatic hydroxyl groups is 1. The number of carbonyl (C=O) groups excluding carboxylic acids is 1. The Morgan fingerprint density at radius 2 is 1.94 bits per heavy atom. The summed E-state index contributed by atoms with van der Waals surface area (Å²) in [5.74, 6) is 1.08. The van der Waals surface area contributed by atoms with Gasteiger partial charge in [-0.05, 0) is 17.7 Å². The van der Waals surface area contributed by atoms with E-state index in [4.69, 9.17) is 9.47 Å². The number of benzene rings is 1. The van der Waals surface area contributed by atoms with Gasteiger partial charge in [0.05, 0.1) is 26.9 Å². The minimum atomic E-state index is -0.387. The molecule has 1 unspecified atom stereocenters. The van der Waals surface area contributed by atoms with Crippen LogP contribution in [0.5, 0.6) is 11.5 Å². The van der Waals surface area contributed by atoms with Crippen LogP contribution < -0.4 is 9.47 Å². The molecule has 1 atom stereocenters. The molecule has 0 fully saturated rings. The molecule has 0 spiro atoms. The second kappa shape index (κ2) is 6.26. The molecule has 0 aromatic heterocycles. The molecular weight excluding hydrogens is 234 g/mol. The summed E-state index contributed by atoms with van der Waals surface area (Å²) in [5.41, 5.74) is 0.799. The third kappa shape index (κ3) is 2.92. The first-order valence-corrected chi connectivity index (χ1v) is 5.61. The van der Waals surface area contributed by atoms with E-state index >= 15 is 0 Å². The summed E-state index contributed by atoms with van der Waals surface area (Å²) in [4.78, 5) is 12.8. The Morgan fingerprint density at radius 3 is 2.39 bits per heavy atom. The molecule has 18 heavy (non-hydrogen) atoms. The molecule has 5 heteroatoms. The summed E-state index contributed by atoms with van der Waals surface area (Å²) in [6.07, 6.45) is 0. The zero-order valence-corrected chi connectivity index (χ0v) is 11.1. The van der Waals surface area contributed by atoms with Crippen LogP contribution in [0.15, 0.2) is 18.2 Å². The predicted octanol–water partition coefficient (Wildman–Crippen LogP) is 1.22. The Balaban J connectivity index is 3.10. The average Bonchev–Trinajstić information content (AvgIpc) is 2.39. The number of rotatable bonds is 5. The Labute approximate surface area is 107 Å². The van der Waals surface area contributed by atoms with Gasteiger partial charge < -0.3 is 19.5 Å². The Kier molecular flexibility index (Phi) is 4.97. The van der Waals surface area contributed by atoms with Gasteiger partial charge in [-0.1, -0.05) is 6.07 Å². The summed E-state index contributed by atoms with van der Waals surface area (Å²) < 4.78 is 10.3. The van der Waals surface area contributed by atoms with Gasteiger partial charge in [-0.15, -0.1) is 0 Å². The number of carbonyl (C=O) groups is 1. The lowest BCUT2D eigenvalue weighted by molar-refractivity contribution is -0.130. The molecule has 0 aliphatic heterocycles. The van der Waals surface area contributed by atoms with E-state index < -0.39 is 0 Å². The summed E-state index contributed by atoms with van der Waals surface area (Å²) in [6, 6.07) is 4.94. The number of likely N-dealkylation sites (N-methyl/N-ethyl adjacent to an activating group) is 1. The van der Waals surface area contributed by atoms with Crippen LogP contribution in [-0.2, 0) is 4.79 Å². The molecule has 0 heterocycles. The van der Waals surface area contributed by atoms with Crippen molar-refractivity contribution in [1.82, 2.24) is 4.90 Å². The number of methoxy groups -OCH3 is 2. The normalized spacial score (nSPS) is 11.8. The highest BCUT2D eigenvalue weighted by Crippen LogP contribution is 2.31. The molecule has 0 aliphatic carbocycles. The summed E-state index contributed by atoms with van der Waals surface area (Å²) in [7, 11) is 4.76. The van der Waals surface area contributed by atoms with E-state index in [9.17, 15) is 9.90 Å². The number of hydrogen-bond donors (Lipinski definition) is 1. The first-order valence-electron chi connectivity index (χ1n) is 5.61. The molecule has 100 valence electrons. The van der Waals surface area contributed by atoms with Gasteiger partial charge in [0.1, 0.15) is 0 Å². The smallest absolute Gasteiger partial charge is 0.219 e. The molecule has 0 radical (unpaired) electrons. The maximum absolute atomic E-state index is 11.4. The average molecular weight is 253 g/mol. The maximum Gasteiger partial charge on any atom is 0.219 e. The van der Waals surface area contributed by atoms with Gasteiger partial charge in [0.2, 0.25) is 5.91 Å². The van der Waals surface area contributed by atoms with Crippen LogP contribution in [0, 0.1) is 0 Å². The number of nitrogens with zero attached hydrogens (tertiary/aromatic N) is 1. The van der Waals surface area contributed by atoms with Crippen molar-refractivity contribution in [1.29, 1.82) is 0 Å². The van der Waals surface area contributed by atoms with E-state index in [1.54, 1.807) is 33.4 Å². The van der Waals surface area contributed by atoms with Crippen molar-refractivity contribution in [2.75, 3.05) is 27.9 Å². The minimum Gasteiger partial charge on any atom is -0.493 e. The lowest BCUT2D eigenvalue weighted by Crippen LogP contribution is -2.31.